The van der Waals surface area contributed by atoms with Crippen molar-refractivity contribution in [3.05, 3.63) is 33.4 Å². The van der Waals surface area contributed by atoms with Crippen LogP contribution in [0.3, 0.4) is 0 Å². The number of aromatic nitrogens is 2. The number of carbonyl (C=O) groups excluding carboxylic acids is 1. The molecule has 1 aliphatic carbocycles. The van der Waals surface area contributed by atoms with Crippen molar-refractivity contribution in [1.29, 1.82) is 0 Å². The van der Waals surface area contributed by atoms with Crippen molar-refractivity contribution in [3.8, 4) is 17.0 Å². The first-order chi connectivity index (χ1) is 15.4. The van der Waals surface area contributed by atoms with Crippen LogP contribution in [0.4, 0.5) is 15.1 Å². The molecule has 0 bridgehead atoms. The standard InChI is InChI=1S/C21H23Cl2FN6O2/c22-11-5-15(23)18(17(6-11)32-4-3-29-7-12(24)8-29)19-14-9-30(21(31)26-13-1-2-13)10-16(14)27-20(25)28-19/h5-6,12-13H,1-4,7-10H2,(H,26,31)(H2,25,27,28). The minimum Gasteiger partial charge on any atom is -0.491 e. The quantitative estimate of drug-likeness (QED) is 0.658. The maximum Gasteiger partial charge on any atom is 0.318 e. The van der Waals surface area contributed by atoms with Crippen LogP contribution in [0.1, 0.15) is 24.1 Å². The Balaban J connectivity index is 1.42. The second-order valence-electron chi connectivity index (χ2n) is 8.40. The lowest BCUT2D eigenvalue weighted by molar-refractivity contribution is 0.0540. The van der Waals surface area contributed by atoms with Gasteiger partial charge < -0.3 is 20.7 Å². The Labute approximate surface area is 194 Å². The van der Waals surface area contributed by atoms with Gasteiger partial charge >= 0.3 is 6.03 Å². The van der Waals surface area contributed by atoms with Gasteiger partial charge in [-0.2, -0.15) is 0 Å². The minimum atomic E-state index is -0.766. The van der Waals surface area contributed by atoms with Crippen molar-refractivity contribution in [2.45, 2.75) is 38.1 Å². The van der Waals surface area contributed by atoms with E-state index in [2.05, 4.69) is 15.3 Å². The number of hydrogen-bond acceptors (Lipinski definition) is 6. The summed E-state index contributed by atoms with van der Waals surface area (Å²) in [5, 5.41) is 3.78. The van der Waals surface area contributed by atoms with E-state index in [0.717, 1.165) is 18.4 Å². The van der Waals surface area contributed by atoms with E-state index in [0.29, 0.717) is 72.1 Å². The van der Waals surface area contributed by atoms with E-state index >= 15 is 0 Å². The number of fused-ring (bicyclic) bond motifs is 1. The summed E-state index contributed by atoms with van der Waals surface area (Å²) in [7, 11) is 0. The van der Waals surface area contributed by atoms with Gasteiger partial charge in [-0.05, 0) is 25.0 Å². The Bertz CT molecular complexity index is 1060. The molecular weight excluding hydrogens is 458 g/mol. The lowest BCUT2D eigenvalue weighted by Crippen LogP contribution is -2.49. The number of anilines is 1. The molecule has 2 fully saturated rings. The molecule has 2 amide bonds. The van der Waals surface area contributed by atoms with E-state index in [1.54, 1.807) is 17.0 Å². The smallest absolute Gasteiger partial charge is 0.318 e. The van der Waals surface area contributed by atoms with Crippen LogP contribution in [0.2, 0.25) is 10.0 Å². The first kappa shape index (κ1) is 21.5. The number of urea groups is 1. The highest BCUT2D eigenvalue weighted by Crippen LogP contribution is 2.42. The summed E-state index contributed by atoms with van der Waals surface area (Å²) in [5.74, 6) is 0.552. The van der Waals surface area contributed by atoms with E-state index in [1.165, 1.54) is 0 Å². The zero-order chi connectivity index (χ0) is 22.4. The number of carbonyl (C=O) groups is 1. The summed E-state index contributed by atoms with van der Waals surface area (Å²) < 4.78 is 19.1. The third-order valence-electron chi connectivity index (χ3n) is 5.83. The molecule has 11 heteroatoms. The summed E-state index contributed by atoms with van der Waals surface area (Å²) in [6.45, 7) is 2.45. The van der Waals surface area contributed by atoms with Crippen molar-refractivity contribution in [3.63, 3.8) is 0 Å². The molecule has 0 radical (unpaired) electrons. The average molecular weight is 481 g/mol. The molecule has 0 spiro atoms. The van der Waals surface area contributed by atoms with Gasteiger partial charge in [0.15, 0.2) is 0 Å². The van der Waals surface area contributed by atoms with E-state index in [4.69, 9.17) is 33.7 Å². The van der Waals surface area contributed by atoms with E-state index in [-0.39, 0.29) is 18.0 Å². The molecule has 2 aliphatic heterocycles. The Morgan fingerprint density at radius 2 is 2.03 bits per heavy atom. The van der Waals surface area contributed by atoms with Crippen molar-refractivity contribution >= 4 is 35.2 Å². The molecule has 0 atom stereocenters. The van der Waals surface area contributed by atoms with Gasteiger partial charge in [-0.15, -0.1) is 0 Å². The maximum absolute atomic E-state index is 13.1. The highest BCUT2D eigenvalue weighted by Gasteiger charge is 2.33. The number of nitrogens with zero attached hydrogens (tertiary/aromatic N) is 4. The maximum atomic E-state index is 13.1. The third kappa shape index (κ3) is 4.42. The lowest BCUT2D eigenvalue weighted by Gasteiger charge is -2.34. The number of amides is 2. The monoisotopic (exact) mass is 480 g/mol. The molecule has 1 aromatic heterocycles. The highest BCUT2D eigenvalue weighted by atomic mass is 35.5. The summed E-state index contributed by atoms with van der Waals surface area (Å²) in [6, 6.07) is 3.42. The van der Waals surface area contributed by atoms with Gasteiger partial charge in [0.25, 0.3) is 0 Å². The normalized spacial score (nSPS) is 18.4. The van der Waals surface area contributed by atoms with Gasteiger partial charge in [0.2, 0.25) is 5.95 Å². The first-order valence-corrected chi connectivity index (χ1v) is 11.3. The number of hydrogen-bond donors (Lipinski definition) is 2. The van der Waals surface area contributed by atoms with Crippen molar-refractivity contribution in [1.82, 2.24) is 25.1 Å². The number of nitrogens with one attached hydrogen (secondary N) is 1. The van der Waals surface area contributed by atoms with E-state index in [9.17, 15) is 9.18 Å². The van der Waals surface area contributed by atoms with Gasteiger partial charge in [-0.25, -0.2) is 19.2 Å². The number of alkyl halides is 1. The second-order valence-corrected chi connectivity index (χ2v) is 9.25. The van der Waals surface area contributed by atoms with Crippen molar-refractivity contribution < 1.29 is 13.9 Å². The summed E-state index contributed by atoms with van der Waals surface area (Å²) in [4.78, 5) is 25.0. The number of nitrogen functional groups attached to an aromatic ring is 1. The van der Waals surface area contributed by atoms with E-state index < -0.39 is 6.17 Å². The molecule has 1 saturated carbocycles. The molecule has 2 aromatic rings. The molecule has 3 N–H and O–H groups in total. The number of benzene rings is 1. The van der Waals surface area contributed by atoms with Crippen molar-refractivity contribution in [2.75, 3.05) is 32.0 Å². The predicted molar refractivity (Wildman–Crippen MR) is 120 cm³/mol. The molecule has 5 rings (SSSR count). The average Bonchev–Trinajstić information content (AvgIpc) is 3.41. The molecule has 0 unspecified atom stereocenters. The molecule has 170 valence electrons. The number of nitrogens with two attached hydrogens (primary N) is 1. The highest BCUT2D eigenvalue weighted by molar-refractivity contribution is 6.37. The molecule has 32 heavy (non-hydrogen) atoms. The SMILES string of the molecule is Nc1nc2c(c(-c3c(Cl)cc(Cl)cc3OCCN3CC(F)C3)n1)CN(C(=O)NC1CC1)C2. The van der Waals surface area contributed by atoms with Crippen LogP contribution in [0.15, 0.2) is 12.1 Å². The summed E-state index contributed by atoms with van der Waals surface area (Å²) in [6.07, 6.45) is 1.25. The topological polar surface area (TPSA) is 96.6 Å². The fourth-order valence-corrected chi connectivity index (χ4v) is 4.55. The number of rotatable bonds is 6. The van der Waals surface area contributed by atoms with Crippen LogP contribution in [-0.2, 0) is 13.1 Å². The number of halogens is 3. The fourth-order valence-electron chi connectivity index (χ4n) is 3.99. The Kier molecular flexibility index (Phi) is 5.73. The van der Waals surface area contributed by atoms with Crippen LogP contribution in [-0.4, -0.2) is 64.3 Å². The molecule has 3 heterocycles. The zero-order valence-electron chi connectivity index (χ0n) is 17.3. The summed E-state index contributed by atoms with van der Waals surface area (Å²) in [5.41, 5.74) is 8.54. The summed E-state index contributed by atoms with van der Waals surface area (Å²) >= 11 is 12.8. The first-order valence-electron chi connectivity index (χ1n) is 10.6. The predicted octanol–water partition coefficient (Wildman–Crippen LogP) is 3.25. The molecular formula is C21H23Cl2FN6O2. The van der Waals surface area contributed by atoms with E-state index in [1.807, 2.05) is 4.90 Å². The lowest BCUT2D eigenvalue weighted by atomic mass is 10.0. The third-order valence-corrected chi connectivity index (χ3v) is 6.34. The Hall–Kier alpha value is -2.36. The molecule has 3 aliphatic rings. The number of likely N-dealkylation sites (tertiary alicyclic amines) is 1. The Morgan fingerprint density at radius 3 is 2.75 bits per heavy atom. The van der Waals surface area contributed by atoms with Crippen LogP contribution in [0, 0.1) is 0 Å². The van der Waals surface area contributed by atoms with Gasteiger partial charge in [-0.3, -0.25) is 4.90 Å². The van der Waals surface area contributed by atoms with Gasteiger partial charge in [0.05, 0.1) is 35.1 Å². The molecule has 8 nitrogen and oxygen atoms in total. The van der Waals surface area contributed by atoms with Gasteiger partial charge in [0, 0.05) is 36.3 Å². The van der Waals surface area contributed by atoms with Crippen LogP contribution >= 0.6 is 23.2 Å². The largest absolute Gasteiger partial charge is 0.491 e. The van der Waals surface area contributed by atoms with Crippen LogP contribution in [0.25, 0.3) is 11.3 Å². The van der Waals surface area contributed by atoms with Crippen LogP contribution < -0.4 is 15.8 Å². The Morgan fingerprint density at radius 1 is 1.25 bits per heavy atom. The zero-order valence-corrected chi connectivity index (χ0v) is 18.8. The van der Waals surface area contributed by atoms with Gasteiger partial charge in [-0.1, -0.05) is 23.2 Å². The fraction of sp³-hybridized carbons (Fsp3) is 0.476. The molecule has 1 saturated heterocycles. The number of ether oxygens (including phenoxy) is 1. The minimum absolute atomic E-state index is 0.0923. The molecule has 1 aromatic carbocycles. The van der Waals surface area contributed by atoms with Gasteiger partial charge in [0.1, 0.15) is 18.5 Å². The second kappa shape index (κ2) is 8.53. The van der Waals surface area contributed by atoms with Crippen LogP contribution in [0.5, 0.6) is 5.75 Å². The van der Waals surface area contributed by atoms with Crippen molar-refractivity contribution in [2.24, 2.45) is 0 Å².